The molecule has 1 aliphatic heterocycles. The SMILES string of the molecule is CCC1CN(c2nnc(C)cc2-c2nc(C)no2)CCC1NC1CCCCC1. The van der Waals surface area contributed by atoms with E-state index in [1.54, 1.807) is 0 Å². The summed E-state index contributed by atoms with van der Waals surface area (Å²) in [6.45, 7) is 8.03. The van der Waals surface area contributed by atoms with E-state index in [1.165, 1.54) is 32.1 Å². The summed E-state index contributed by atoms with van der Waals surface area (Å²) in [5.41, 5.74) is 1.75. The van der Waals surface area contributed by atoms with Crippen LogP contribution in [0.2, 0.25) is 0 Å². The van der Waals surface area contributed by atoms with Crippen LogP contribution in [0.25, 0.3) is 11.5 Å². The molecule has 2 fully saturated rings. The highest BCUT2D eigenvalue weighted by molar-refractivity contribution is 5.70. The summed E-state index contributed by atoms with van der Waals surface area (Å²) in [5, 5.41) is 16.8. The van der Waals surface area contributed by atoms with Crippen LogP contribution < -0.4 is 10.2 Å². The number of hydrogen-bond donors (Lipinski definition) is 1. The van der Waals surface area contributed by atoms with E-state index in [0.717, 1.165) is 43.0 Å². The third-order valence-electron chi connectivity index (χ3n) is 6.27. The van der Waals surface area contributed by atoms with Crippen molar-refractivity contribution in [3.05, 3.63) is 17.6 Å². The summed E-state index contributed by atoms with van der Waals surface area (Å²) in [6, 6.07) is 3.30. The van der Waals surface area contributed by atoms with Crippen molar-refractivity contribution in [2.24, 2.45) is 5.92 Å². The summed E-state index contributed by atoms with van der Waals surface area (Å²) in [4.78, 5) is 6.78. The summed E-state index contributed by atoms with van der Waals surface area (Å²) in [6.07, 6.45) is 9.11. The van der Waals surface area contributed by atoms with Gasteiger partial charge < -0.3 is 14.7 Å². The fourth-order valence-electron chi connectivity index (χ4n) is 4.71. The molecule has 7 nitrogen and oxygen atoms in total. The van der Waals surface area contributed by atoms with E-state index in [1.807, 2.05) is 19.9 Å². The lowest BCUT2D eigenvalue weighted by molar-refractivity contribution is 0.243. The van der Waals surface area contributed by atoms with E-state index in [-0.39, 0.29) is 0 Å². The molecule has 4 rings (SSSR count). The van der Waals surface area contributed by atoms with E-state index < -0.39 is 0 Å². The molecular formula is C21H32N6O. The monoisotopic (exact) mass is 384 g/mol. The molecule has 0 aromatic carbocycles. The zero-order chi connectivity index (χ0) is 19.5. The smallest absolute Gasteiger partial charge is 0.261 e. The lowest BCUT2D eigenvalue weighted by Crippen LogP contribution is -2.52. The topological polar surface area (TPSA) is 80.0 Å². The predicted octanol–water partition coefficient (Wildman–Crippen LogP) is 3.67. The van der Waals surface area contributed by atoms with Gasteiger partial charge in [-0.05, 0) is 45.1 Å². The molecule has 2 aliphatic rings. The van der Waals surface area contributed by atoms with Crippen molar-refractivity contribution < 1.29 is 4.52 Å². The molecule has 7 heteroatoms. The van der Waals surface area contributed by atoms with Crippen LogP contribution in [0.3, 0.4) is 0 Å². The number of nitrogens with zero attached hydrogens (tertiary/aromatic N) is 5. The Bertz CT molecular complexity index is 785. The highest BCUT2D eigenvalue weighted by atomic mass is 16.5. The molecule has 2 unspecified atom stereocenters. The van der Waals surface area contributed by atoms with Crippen molar-refractivity contribution in [3.63, 3.8) is 0 Å². The third kappa shape index (κ3) is 4.19. The van der Waals surface area contributed by atoms with Crippen molar-refractivity contribution in [1.29, 1.82) is 0 Å². The van der Waals surface area contributed by atoms with Crippen LogP contribution in [0.1, 0.15) is 63.4 Å². The van der Waals surface area contributed by atoms with E-state index in [2.05, 4.69) is 37.5 Å². The molecular weight excluding hydrogens is 352 g/mol. The second-order valence-corrected chi connectivity index (χ2v) is 8.38. The normalized spacial score (nSPS) is 23.9. The van der Waals surface area contributed by atoms with Gasteiger partial charge in [-0.25, -0.2) is 0 Å². The van der Waals surface area contributed by atoms with Gasteiger partial charge in [-0.3, -0.25) is 0 Å². The second-order valence-electron chi connectivity index (χ2n) is 8.38. The fourth-order valence-corrected chi connectivity index (χ4v) is 4.71. The number of rotatable bonds is 5. The molecule has 0 spiro atoms. The lowest BCUT2D eigenvalue weighted by atomic mass is 9.87. The zero-order valence-corrected chi connectivity index (χ0v) is 17.3. The second kappa shape index (κ2) is 8.55. The van der Waals surface area contributed by atoms with E-state index in [4.69, 9.17) is 4.52 Å². The van der Waals surface area contributed by atoms with Crippen LogP contribution in [-0.4, -0.2) is 45.5 Å². The maximum atomic E-state index is 5.44. The van der Waals surface area contributed by atoms with Crippen molar-refractivity contribution in [3.8, 4) is 11.5 Å². The summed E-state index contributed by atoms with van der Waals surface area (Å²) < 4.78 is 5.44. The molecule has 2 aromatic heterocycles. The van der Waals surface area contributed by atoms with E-state index in [0.29, 0.717) is 29.7 Å². The summed E-state index contributed by atoms with van der Waals surface area (Å²) in [5.74, 6) is 2.64. The Hall–Kier alpha value is -2.02. The third-order valence-corrected chi connectivity index (χ3v) is 6.27. The van der Waals surface area contributed by atoms with Gasteiger partial charge in [0.2, 0.25) is 0 Å². The molecule has 0 bridgehead atoms. The summed E-state index contributed by atoms with van der Waals surface area (Å²) >= 11 is 0. The number of piperidine rings is 1. The van der Waals surface area contributed by atoms with Crippen LogP contribution in [0, 0.1) is 19.8 Å². The Labute approximate surface area is 167 Å². The number of nitrogens with one attached hydrogen (secondary N) is 1. The first-order valence-corrected chi connectivity index (χ1v) is 10.8. The predicted molar refractivity (Wildman–Crippen MR) is 109 cm³/mol. The quantitative estimate of drug-likeness (QED) is 0.842. The highest BCUT2D eigenvalue weighted by Gasteiger charge is 2.32. The zero-order valence-electron chi connectivity index (χ0n) is 17.3. The standard InChI is InChI=1S/C21H32N6O/c1-4-16-13-27(11-10-19(16)23-17-8-6-5-7-9-17)20-18(12-14(2)24-25-20)21-22-15(3)26-28-21/h12,16-17,19,23H,4-11,13H2,1-3H3. The van der Waals surface area contributed by atoms with Crippen LogP contribution in [0.5, 0.6) is 0 Å². The Morgan fingerprint density at radius 3 is 2.68 bits per heavy atom. The maximum Gasteiger partial charge on any atom is 0.261 e. The minimum absolute atomic E-state index is 0.529. The first-order chi connectivity index (χ1) is 13.6. The first kappa shape index (κ1) is 19.3. The van der Waals surface area contributed by atoms with Crippen molar-refractivity contribution in [1.82, 2.24) is 25.7 Å². The average Bonchev–Trinajstić information content (AvgIpc) is 3.15. The molecule has 2 aromatic rings. The summed E-state index contributed by atoms with van der Waals surface area (Å²) in [7, 11) is 0. The van der Waals surface area contributed by atoms with Gasteiger partial charge in [0.25, 0.3) is 5.89 Å². The first-order valence-electron chi connectivity index (χ1n) is 10.8. The molecule has 1 saturated heterocycles. The van der Waals surface area contributed by atoms with Gasteiger partial charge >= 0.3 is 0 Å². The molecule has 3 heterocycles. The Morgan fingerprint density at radius 1 is 1.14 bits per heavy atom. The van der Waals surface area contributed by atoms with Gasteiger partial charge in [0.1, 0.15) is 0 Å². The molecule has 0 radical (unpaired) electrons. The largest absolute Gasteiger partial charge is 0.354 e. The van der Waals surface area contributed by atoms with Crippen molar-refractivity contribution in [2.45, 2.75) is 77.8 Å². The highest BCUT2D eigenvalue weighted by Crippen LogP contribution is 2.32. The van der Waals surface area contributed by atoms with Crippen LogP contribution >= 0.6 is 0 Å². The molecule has 1 saturated carbocycles. The van der Waals surface area contributed by atoms with Crippen molar-refractivity contribution >= 4 is 5.82 Å². The minimum atomic E-state index is 0.529. The van der Waals surface area contributed by atoms with Crippen LogP contribution in [-0.2, 0) is 0 Å². The molecule has 1 N–H and O–H groups in total. The Kier molecular flexibility index (Phi) is 5.90. The number of aryl methyl sites for hydroxylation is 2. The number of anilines is 1. The van der Waals surface area contributed by atoms with Gasteiger partial charge in [-0.1, -0.05) is 37.8 Å². The van der Waals surface area contributed by atoms with Gasteiger partial charge in [0, 0.05) is 25.2 Å². The number of aromatic nitrogens is 4. The lowest BCUT2D eigenvalue weighted by Gasteiger charge is -2.41. The number of hydrogen-bond acceptors (Lipinski definition) is 7. The molecule has 28 heavy (non-hydrogen) atoms. The van der Waals surface area contributed by atoms with Gasteiger partial charge in [-0.2, -0.15) is 10.1 Å². The van der Waals surface area contributed by atoms with Crippen molar-refractivity contribution in [2.75, 3.05) is 18.0 Å². The molecule has 152 valence electrons. The van der Waals surface area contributed by atoms with E-state index in [9.17, 15) is 0 Å². The Morgan fingerprint density at radius 2 is 1.96 bits per heavy atom. The van der Waals surface area contributed by atoms with Gasteiger partial charge in [-0.15, -0.1) is 5.10 Å². The van der Waals surface area contributed by atoms with Crippen LogP contribution in [0.15, 0.2) is 10.6 Å². The van der Waals surface area contributed by atoms with Gasteiger partial charge in [0.15, 0.2) is 11.6 Å². The van der Waals surface area contributed by atoms with E-state index >= 15 is 0 Å². The van der Waals surface area contributed by atoms with Crippen LogP contribution in [0.4, 0.5) is 5.82 Å². The molecule has 1 aliphatic carbocycles. The minimum Gasteiger partial charge on any atom is -0.354 e. The molecule has 0 amide bonds. The Balaban J connectivity index is 1.51. The molecule has 2 atom stereocenters. The van der Waals surface area contributed by atoms with Gasteiger partial charge in [0.05, 0.1) is 11.3 Å². The maximum absolute atomic E-state index is 5.44. The average molecular weight is 385 g/mol. The fraction of sp³-hybridized carbons (Fsp3) is 0.714.